The second-order valence-corrected chi connectivity index (χ2v) is 11.2. The standard InChI is InChI=1S/C19H21Cl2N2O6PS/c1-4-27-30(24,28-5-2)12-23(16-6-7-18-19(11-16)29-13(3)22-18)31(25,26)17-9-14(20)8-15(21)10-17/h6-11H,4-5,12H2,1-3H3. The molecule has 0 N–H and O–H groups in total. The van der Waals surface area contributed by atoms with E-state index >= 15 is 0 Å². The maximum atomic E-state index is 13.6. The summed E-state index contributed by atoms with van der Waals surface area (Å²) in [5, 5.41) is 0.287. The van der Waals surface area contributed by atoms with E-state index in [-0.39, 0.29) is 33.8 Å². The van der Waals surface area contributed by atoms with Crippen molar-refractivity contribution in [1.82, 2.24) is 4.98 Å². The summed E-state index contributed by atoms with van der Waals surface area (Å²) >= 11 is 12.1. The van der Waals surface area contributed by atoms with Gasteiger partial charge >= 0.3 is 7.60 Å². The van der Waals surface area contributed by atoms with Crippen molar-refractivity contribution in [2.75, 3.05) is 23.8 Å². The summed E-state index contributed by atoms with van der Waals surface area (Å²) in [5.41, 5.74) is 1.13. The summed E-state index contributed by atoms with van der Waals surface area (Å²) in [4.78, 5) is 4.05. The molecule has 0 saturated carbocycles. The molecule has 1 heterocycles. The number of sulfonamides is 1. The third-order valence-electron chi connectivity index (χ3n) is 4.14. The van der Waals surface area contributed by atoms with Crippen molar-refractivity contribution in [3.05, 3.63) is 52.3 Å². The van der Waals surface area contributed by atoms with Gasteiger partial charge in [-0.15, -0.1) is 0 Å². The third-order valence-corrected chi connectivity index (χ3v) is 8.46. The number of hydrogen-bond acceptors (Lipinski definition) is 7. The van der Waals surface area contributed by atoms with Gasteiger partial charge in [0.15, 0.2) is 11.5 Å². The Morgan fingerprint density at radius 3 is 2.26 bits per heavy atom. The summed E-state index contributed by atoms with van der Waals surface area (Å²) in [6, 6.07) is 8.60. The van der Waals surface area contributed by atoms with Crippen molar-refractivity contribution in [1.29, 1.82) is 0 Å². The summed E-state index contributed by atoms with van der Waals surface area (Å²) < 4.78 is 57.6. The Morgan fingerprint density at radius 1 is 1.06 bits per heavy atom. The Bertz CT molecular complexity index is 1220. The highest BCUT2D eigenvalue weighted by atomic mass is 35.5. The molecule has 3 aromatic rings. The van der Waals surface area contributed by atoms with Crippen LogP contribution in [0, 0.1) is 6.92 Å². The van der Waals surface area contributed by atoms with Crippen LogP contribution in [0.25, 0.3) is 11.1 Å². The molecule has 0 aliphatic heterocycles. The Labute approximate surface area is 190 Å². The van der Waals surface area contributed by atoms with Crippen LogP contribution in [0.5, 0.6) is 0 Å². The normalized spacial score (nSPS) is 12.4. The van der Waals surface area contributed by atoms with E-state index in [9.17, 15) is 13.0 Å². The molecule has 31 heavy (non-hydrogen) atoms. The predicted molar refractivity (Wildman–Crippen MR) is 121 cm³/mol. The number of aryl methyl sites for hydroxylation is 1. The van der Waals surface area contributed by atoms with Crippen LogP contribution >= 0.6 is 30.8 Å². The highest BCUT2D eigenvalue weighted by Crippen LogP contribution is 2.50. The minimum Gasteiger partial charge on any atom is -0.441 e. The van der Waals surface area contributed by atoms with Crippen LogP contribution in [0.1, 0.15) is 19.7 Å². The number of rotatable bonds is 9. The van der Waals surface area contributed by atoms with Gasteiger partial charge in [-0.2, -0.15) is 0 Å². The van der Waals surface area contributed by atoms with Gasteiger partial charge in [-0.3, -0.25) is 8.87 Å². The van der Waals surface area contributed by atoms with Gasteiger partial charge < -0.3 is 13.5 Å². The van der Waals surface area contributed by atoms with Crippen molar-refractivity contribution in [3.63, 3.8) is 0 Å². The van der Waals surface area contributed by atoms with Crippen LogP contribution in [0.4, 0.5) is 5.69 Å². The molecule has 0 aliphatic rings. The molecule has 0 saturated heterocycles. The Kier molecular flexibility index (Phi) is 7.35. The number of fused-ring (bicyclic) bond motifs is 1. The first-order valence-electron chi connectivity index (χ1n) is 9.32. The zero-order valence-electron chi connectivity index (χ0n) is 17.0. The predicted octanol–water partition coefficient (Wildman–Crippen LogP) is 5.86. The van der Waals surface area contributed by atoms with E-state index in [0.717, 1.165) is 4.31 Å². The quantitative estimate of drug-likeness (QED) is 0.335. The number of nitrogens with zero attached hydrogens (tertiary/aromatic N) is 2. The fourth-order valence-electron chi connectivity index (χ4n) is 2.95. The van der Waals surface area contributed by atoms with Gasteiger partial charge in [0, 0.05) is 23.0 Å². The van der Waals surface area contributed by atoms with Crippen molar-refractivity contribution in [3.8, 4) is 0 Å². The molecule has 12 heteroatoms. The lowest BCUT2D eigenvalue weighted by Crippen LogP contribution is -2.33. The van der Waals surface area contributed by atoms with E-state index in [2.05, 4.69) is 4.98 Å². The number of hydrogen-bond donors (Lipinski definition) is 0. The number of halogens is 2. The number of benzene rings is 2. The summed E-state index contributed by atoms with van der Waals surface area (Å²) in [6.07, 6.45) is -0.556. The SMILES string of the molecule is CCOP(=O)(CN(c1ccc2nc(C)oc2c1)S(=O)(=O)c1cc(Cl)cc(Cl)c1)OCC. The highest BCUT2D eigenvalue weighted by molar-refractivity contribution is 7.93. The van der Waals surface area contributed by atoms with Gasteiger partial charge in [-0.05, 0) is 44.2 Å². The van der Waals surface area contributed by atoms with Gasteiger partial charge in [0.2, 0.25) is 0 Å². The fraction of sp³-hybridized carbons (Fsp3) is 0.316. The Balaban J connectivity index is 2.17. The van der Waals surface area contributed by atoms with Crippen LogP contribution < -0.4 is 4.31 Å². The van der Waals surface area contributed by atoms with Crippen LogP contribution in [0.15, 0.2) is 45.7 Å². The van der Waals surface area contributed by atoms with Gasteiger partial charge in [-0.25, -0.2) is 13.4 Å². The Hall–Kier alpha value is -1.61. The summed E-state index contributed by atoms with van der Waals surface area (Å²) in [6.45, 7) is 5.12. The second kappa shape index (κ2) is 9.48. The lowest BCUT2D eigenvalue weighted by atomic mass is 10.3. The van der Waals surface area contributed by atoms with Crippen LogP contribution in [0.3, 0.4) is 0 Å². The van der Waals surface area contributed by atoms with Gasteiger partial charge in [0.1, 0.15) is 11.8 Å². The molecule has 8 nitrogen and oxygen atoms in total. The van der Waals surface area contributed by atoms with E-state index in [0.29, 0.717) is 17.0 Å². The third kappa shape index (κ3) is 5.42. The number of aromatic nitrogens is 1. The summed E-state index contributed by atoms with van der Waals surface area (Å²) in [7, 11) is -8.06. The zero-order valence-corrected chi connectivity index (χ0v) is 20.3. The van der Waals surface area contributed by atoms with E-state index in [1.807, 2.05) is 0 Å². The average molecular weight is 507 g/mol. The first-order valence-corrected chi connectivity index (χ1v) is 13.2. The molecule has 0 radical (unpaired) electrons. The maximum Gasteiger partial charge on any atom is 0.350 e. The lowest BCUT2D eigenvalue weighted by molar-refractivity contribution is 0.221. The van der Waals surface area contributed by atoms with Crippen LogP contribution in [-0.4, -0.2) is 32.9 Å². The molecule has 0 fully saturated rings. The maximum absolute atomic E-state index is 13.6. The van der Waals surface area contributed by atoms with Crippen LogP contribution in [-0.2, 0) is 23.6 Å². The van der Waals surface area contributed by atoms with E-state index < -0.39 is 23.9 Å². The molecule has 0 spiro atoms. The van der Waals surface area contributed by atoms with E-state index in [4.69, 9.17) is 36.7 Å². The largest absolute Gasteiger partial charge is 0.441 e. The summed E-state index contributed by atoms with van der Waals surface area (Å²) in [5.74, 6) is 0.428. The Morgan fingerprint density at radius 2 is 1.68 bits per heavy atom. The average Bonchev–Trinajstić information content (AvgIpc) is 3.05. The fourth-order valence-corrected chi connectivity index (χ4v) is 7.34. The molecule has 0 amide bonds. The lowest BCUT2D eigenvalue weighted by Gasteiger charge is -2.28. The minimum atomic E-state index is -4.26. The molecule has 0 bridgehead atoms. The molecular formula is C19H21Cl2N2O6PS. The number of anilines is 1. The van der Waals surface area contributed by atoms with Gasteiger partial charge in [0.05, 0.1) is 23.8 Å². The van der Waals surface area contributed by atoms with Gasteiger partial charge in [-0.1, -0.05) is 23.2 Å². The molecule has 3 rings (SSSR count). The molecule has 168 valence electrons. The van der Waals surface area contributed by atoms with E-state index in [1.165, 1.54) is 30.3 Å². The van der Waals surface area contributed by atoms with Crippen molar-refractivity contribution in [2.45, 2.75) is 25.7 Å². The highest BCUT2D eigenvalue weighted by Gasteiger charge is 2.35. The van der Waals surface area contributed by atoms with Crippen molar-refractivity contribution >= 4 is 57.6 Å². The zero-order chi connectivity index (χ0) is 22.8. The van der Waals surface area contributed by atoms with E-state index in [1.54, 1.807) is 26.8 Å². The molecule has 0 unspecified atom stereocenters. The first kappa shape index (κ1) is 24.0. The van der Waals surface area contributed by atoms with Crippen LogP contribution in [0.2, 0.25) is 10.0 Å². The van der Waals surface area contributed by atoms with Crippen molar-refractivity contribution in [2.24, 2.45) is 0 Å². The number of oxazole rings is 1. The van der Waals surface area contributed by atoms with Gasteiger partial charge in [0.25, 0.3) is 10.0 Å². The monoisotopic (exact) mass is 506 g/mol. The molecule has 1 aromatic heterocycles. The molecule has 0 atom stereocenters. The smallest absolute Gasteiger partial charge is 0.350 e. The topological polar surface area (TPSA) is 98.9 Å². The molecule has 0 aliphatic carbocycles. The minimum absolute atomic E-state index is 0.0779. The molecular weight excluding hydrogens is 486 g/mol. The van der Waals surface area contributed by atoms with Crippen molar-refractivity contribution < 1.29 is 26.4 Å². The first-order chi connectivity index (χ1) is 14.6. The molecule has 2 aromatic carbocycles. The second-order valence-electron chi connectivity index (χ2n) is 6.43.